The molecule has 7 heteroatoms. The number of amides is 2. The third-order valence-electron chi connectivity index (χ3n) is 6.12. The van der Waals surface area contributed by atoms with E-state index in [0.717, 1.165) is 18.4 Å². The minimum atomic E-state index is -0.548. The van der Waals surface area contributed by atoms with E-state index in [1.54, 1.807) is 6.07 Å². The Balaban J connectivity index is 1.58. The number of ether oxygens (including phenoxy) is 1. The highest BCUT2D eigenvalue weighted by molar-refractivity contribution is 5.92. The number of nitrogens with two attached hydrogens (primary N) is 1. The summed E-state index contributed by atoms with van der Waals surface area (Å²) >= 11 is 0. The summed E-state index contributed by atoms with van der Waals surface area (Å²) in [4.78, 5) is 28.0. The molecule has 3 saturated heterocycles. The number of aliphatic hydroxyl groups is 1. The zero-order valence-electron chi connectivity index (χ0n) is 14.9. The van der Waals surface area contributed by atoms with E-state index in [4.69, 9.17) is 10.5 Å². The molecule has 26 heavy (non-hydrogen) atoms. The Morgan fingerprint density at radius 3 is 2.81 bits per heavy atom. The molecular weight excluding hydrogens is 334 g/mol. The van der Waals surface area contributed by atoms with Gasteiger partial charge in [-0.15, -0.1) is 0 Å². The van der Waals surface area contributed by atoms with E-state index in [1.807, 2.05) is 23.1 Å². The average molecular weight is 359 g/mol. The summed E-state index contributed by atoms with van der Waals surface area (Å²) in [7, 11) is 1.52. The highest BCUT2D eigenvalue weighted by Gasteiger charge is 2.58. The maximum Gasteiger partial charge on any atom is 0.248 e. The van der Waals surface area contributed by atoms with Gasteiger partial charge in [-0.1, -0.05) is 12.1 Å². The molecule has 0 aromatic heterocycles. The molecule has 1 aromatic rings. The van der Waals surface area contributed by atoms with Crippen molar-refractivity contribution in [3.8, 4) is 0 Å². The Morgan fingerprint density at radius 1 is 1.31 bits per heavy atom. The van der Waals surface area contributed by atoms with Crippen molar-refractivity contribution < 1.29 is 19.4 Å². The van der Waals surface area contributed by atoms with Gasteiger partial charge in [0.1, 0.15) is 6.61 Å². The maximum atomic E-state index is 12.5. The van der Waals surface area contributed by atoms with E-state index in [2.05, 4.69) is 4.90 Å². The van der Waals surface area contributed by atoms with Crippen molar-refractivity contribution in [1.82, 2.24) is 9.80 Å². The molecule has 3 aliphatic rings. The van der Waals surface area contributed by atoms with Gasteiger partial charge in [0.2, 0.25) is 11.8 Å². The fourth-order valence-corrected chi connectivity index (χ4v) is 5.11. The van der Waals surface area contributed by atoms with Gasteiger partial charge in [0.05, 0.1) is 12.1 Å². The largest absolute Gasteiger partial charge is 0.389 e. The zero-order chi connectivity index (χ0) is 18.4. The van der Waals surface area contributed by atoms with Crippen LogP contribution in [0.1, 0.15) is 28.8 Å². The Labute approximate surface area is 152 Å². The van der Waals surface area contributed by atoms with Crippen molar-refractivity contribution in [3.05, 3.63) is 35.4 Å². The number of nitrogens with zero attached hydrogens (tertiary/aromatic N) is 2. The highest BCUT2D eigenvalue weighted by Crippen LogP contribution is 2.46. The lowest BCUT2D eigenvalue weighted by molar-refractivity contribution is -0.143. The van der Waals surface area contributed by atoms with Crippen LogP contribution in [0.4, 0.5) is 0 Å². The van der Waals surface area contributed by atoms with Crippen LogP contribution in [0.25, 0.3) is 0 Å². The molecule has 3 N–H and O–H groups in total. The first-order valence-electron chi connectivity index (χ1n) is 9.10. The van der Waals surface area contributed by atoms with Crippen LogP contribution in [0.15, 0.2) is 24.3 Å². The molecule has 0 spiro atoms. The smallest absolute Gasteiger partial charge is 0.248 e. The molecule has 1 aromatic carbocycles. The van der Waals surface area contributed by atoms with Gasteiger partial charge >= 0.3 is 0 Å². The molecule has 2 amide bonds. The number of benzene rings is 1. The first-order valence-corrected chi connectivity index (χ1v) is 9.10. The van der Waals surface area contributed by atoms with Crippen LogP contribution < -0.4 is 5.73 Å². The topological polar surface area (TPSA) is 96.1 Å². The molecule has 5 atom stereocenters. The highest BCUT2D eigenvalue weighted by atomic mass is 16.5. The first-order chi connectivity index (χ1) is 12.5. The summed E-state index contributed by atoms with van der Waals surface area (Å²) in [6, 6.07) is 7.33. The van der Waals surface area contributed by atoms with Crippen molar-refractivity contribution in [2.45, 2.75) is 43.6 Å². The molecule has 3 heterocycles. The van der Waals surface area contributed by atoms with Crippen molar-refractivity contribution >= 4 is 11.8 Å². The third kappa shape index (κ3) is 2.80. The molecule has 7 nitrogen and oxygen atoms in total. The average Bonchev–Trinajstić information content (AvgIpc) is 2.74. The van der Waals surface area contributed by atoms with Crippen LogP contribution in [0, 0.1) is 5.92 Å². The molecule has 4 rings (SSSR count). The lowest BCUT2D eigenvalue weighted by Crippen LogP contribution is -2.58. The molecule has 0 radical (unpaired) electrons. The van der Waals surface area contributed by atoms with E-state index in [1.165, 1.54) is 7.11 Å². The third-order valence-corrected chi connectivity index (χ3v) is 6.12. The number of carbonyl (C=O) groups is 2. The Morgan fingerprint density at radius 2 is 2.08 bits per heavy atom. The van der Waals surface area contributed by atoms with Crippen molar-refractivity contribution in [2.75, 3.05) is 20.3 Å². The Hall–Kier alpha value is -1.96. The van der Waals surface area contributed by atoms with E-state index in [0.29, 0.717) is 24.6 Å². The number of likely N-dealkylation sites (tertiary alicyclic amines) is 1. The number of hydrogen-bond donors (Lipinski definition) is 2. The van der Waals surface area contributed by atoms with Crippen LogP contribution in [-0.4, -0.2) is 71.2 Å². The van der Waals surface area contributed by atoms with E-state index in [-0.39, 0.29) is 30.6 Å². The summed E-state index contributed by atoms with van der Waals surface area (Å²) in [6.07, 6.45) is 1.33. The Bertz CT molecular complexity index is 724. The predicted octanol–water partition coefficient (Wildman–Crippen LogP) is -0.0336. The van der Waals surface area contributed by atoms with Crippen molar-refractivity contribution in [3.63, 3.8) is 0 Å². The fraction of sp³-hybridized carbons (Fsp3) is 0.579. The lowest BCUT2D eigenvalue weighted by atomic mass is 9.86. The second kappa shape index (κ2) is 6.64. The molecule has 3 fully saturated rings. The summed E-state index contributed by atoms with van der Waals surface area (Å²) in [5.74, 6) is -0.0687. The number of methoxy groups -OCH3 is 1. The monoisotopic (exact) mass is 359 g/mol. The van der Waals surface area contributed by atoms with E-state index in [9.17, 15) is 14.7 Å². The summed E-state index contributed by atoms with van der Waals surface area (Å²) in [5, 5.41) is 10.9. The second-order valence-corrected chi connectivity index (χ2v) is 7.67. The van der Waals surface area contributed by atoms with Gasteiger partial charge in [-0.05, 0) is 36.5 Å². The number of carbonyl (C=O) groups excluding carboxylic acids is 2. The summed E-state index contributed by atoms with van der Waals surface area (Å²) in [5.41, 5.74) is 6.88. The maximum absolute atomic E-state index is 12.5. The number of rotatable bonds is 5. The van der Waals surface area contributed by atoms with Gasteiger partial charge in [0, 0.05) is 37.8 Å². The fourth-order valence-electron chi connectivity index (χ4n) is 5.11. The van der Waals surface area contributed by atoms with Crippen LogP contribution in [0.3, 0.4) is 0 Å². The quantitative estimate of drug-likeness (QED) is 0.769. The standard InChI is InChI=1S/C19H25N3O4/c1-26-10-16(23)22-9-12-6-14-17(22)18(24)15(7-12)21(14)8-11-3-2-4-13(5-11)19(20)25/h2-5,12,14-15,17-18,24H,6-10H2,1H3,(H2,20,25). The van der Waals surface area contributed by atoms with Gasteiger partial charge in [-0.25, -0.2) is 0 Å². The Kier molecular flexibility index (Phi) is 4.46. The SMILES string of the molecule is COCC(=O)N1CC2CC3C(O)C1C(C2)N3Cc1cccc(C(N)=O)c1. The number of fused-ring (bicyclic) bond motifs is 2. The van der Waals surface area contributed by atoms with Crippen LogP contribution in [-0.2, 0) is 16.1 Å². The molecule has 140 valence electrons. The van der Waals surface area contributed by atoms with Crippen molar-refractivity contribution in [1.29, 1.82) is 0 Å². The minimum absolute atomic E-state index is 0.0429. The van der Waals surface area contributed by atoms with Crippen LogP contribution >= 0.6 is 0 Å². The van der Waals surface area contributed by atoms with E-state index >= 15 is 0 Å². The number of aliphatic hydroxyl groups excluding tert-OH is 1. The van der Waals surface area contributed by atoms with Crippen LogP contribution in [0.5, 0.6) is 0 Å². The molecule has 3 aliphatic heterocycles. The van der Waals surface area contributed by atoms with Crippen molar-refractivity contribution in [2.24, 2.45) is 11.7 Å². The first kappa shape index (κ1) is 17.5. The minimum Gasteiger partial charge on any atom is -0.389 e. The second-order valence-electron chi connectivity index (χ2n) is 7.67. The molecule has 0 saturated carbocycles. The predicted molar refractivity (Wildman–Crippen MR) is 94.2 cm³/mol. The van der Waals surface area contributed by atoms with Gasteiger partial charge in [0.15, 0.2) is 0 Å². The molecule has 5 unspecified atom stereocenters. The van der Waals surface area contributed by atoms with Gasteiger partial charge in [-0.3, -0.25) is 14.5 Å². The molecule has 3 bridgehead atoms. The summed E-state index contributed by atoms with van der Waals surface area (Å²) < 4.78 is 5.02. The zero-order valence-corrected chi connectivity index (χ0v) is 14.9. The number of hydrogen-bond acceptors (Lipinski definition) is 5. The van der Waals surface area contributed by atoms with E-state index < -0.39 is 12.0 Å². The van der Waals surface area contributed by atoms with Gasteiger partial charge < -0.3 is 20.5 Å². The lowest BCUT2D eigenvalue weighted by Gasteiger charge is -2.46. The number of primary amides is 1. The normalized spacial score (nSPS) is 32.8. The number of piperidine rings is 2. The molecule has 0 aliphatic carbocycles. The summed E-state index contributed by atoms with van der Waals surface area (Å²) in [6.45, 7) is 1.40. The van der Waals surface area contributed by atoms with Gasteiger partial charge in [-0.2, -0.15) is 0 Å². The van der Waals surface area contributed by atoms with Crippen LogP contribution in [0.2, 0.25) is 0 Å². The van der Waals surface area contributed by atoms with Gasteiger partial charge in [0.25, 0.3) is 0 Å². The molecular formula is C19H25N3O4.